The molecule has 0 radical (unpaired) electrons. The van der Waals surface area contributed by atoms with Crippen molar-refractivity contribution in [3.05, 3.63) is 84.2 Å². The van der Waals surface area contributed by atoms with E-state index in [1.54, 1.807) is 36.8 Å². The normalized spacial score (nSPS) is 10.9. The number of nitrogens with one attached hydrogen (secondary N) is 2. The fraction of sp³-hybridized carbons (Fsp3) is 0.192. The zero-order chi connectivity index (χ0) is 25.5. The van der Waals surface area contributed by atoms with Gasteiger partial charge in [0.25, 0.3) is 5.91 Å². The predicted molar refractivity (Wildman–Crippen MR) is 137 cm³/mol. The maximum atomic E-state index is 12.8. The summed E-state index contributed by atoms with van der Waals surface area (Å²) in [6.45, 7) is 4.99. The second-order valence-corrected chi connectivity index (χ2v) is 8.15. The van der Waals surface area contributed by atoms with Crippen LogP contribution >= 0.6 is 0 Å². The Bertz CT molecular complexity index is 1350. The number of aryl methyl sites for hydroxylation is 1. The van der Waals surface area contributed by atoms with Gasteiger partial charge in [0.15, 0.2) is 5.76 Å². The fourth-order valence-corrected chi connectivity index (χ4v) is 3.55. The molecule has 10 heteroatoms. The lowest BCUT2D eigenvalue weighted by molar-refractivity contribution is -0.119. The van der Waals surface area contributed by atoms with E-state index >= 15 is 0 Å². The molecule has 0 atom stereocenters. The maximum Gasteiger partial charge on any atom is 0.291 e. The van der Waals surface area contributed by atoms with Gasteiger partial charge in [-0.15, -0.1) is 0 Å². The summed E-state index contributed by atoms with van der Waals surface area (Å²) in [5.41, 5.74) is 9.19. The standard InChI is InChI=1S/C26H27N7O3/c1-3-33(16-24(27)34)15-20-8-9-23(36-20)25(35)30-19-7-6-17(2)22(13-19)32-26-29-12-10-21(31-26)18-5-4-11-28-14-18/h4-14H,3,15-16H2,1-2H3,(H2,27,34)(H,30,35)(H,29,31,32). The number of rotatable bonds is 10. The first-order valence-electron chi connectivity index (χ1n) is 11.4. The summed E-state index contributed by atoms with van der Waals surface area (Å²) in [5, 5.41) is 6.08. The minimum absolute atomic E-state index is 0.118. The molecule has 0 unspecified atom stereocenters. The smallest absolute Gasteiger partial charge is 0.291 e. The Balaban J connectivity index is 1.45. The number of primary amides is 1. The summed E-state index contributed by atoms with van der Waals surface area (Å²) in [6, 6.07) is 14.4. The summed E-state index contributed by atoms with van der Waals surface area (Å²) in [7, 11) is 0. The van der Waals surface area contributed by atoms with E-state index in [1.807, 2.05) is 49.1 Å². The zero-order valence-electron chi connectivity index (χ0n) is 20.1. The molecule has 3 aromatic heterocycles. The average molecular weight is 486 g/mol. The number of likely N-dealkylation sites (N-methyl/N-ethyl adjacent to an activating group) is 1. The van der Waals surface area contributed by atoms with E-state index in [-0.39, 0.29) is 18.2 Å². The van der Waals surface area contributed by atoms with Gasteiger partial charge in [0, 0.05) is 35.5 Å². The number of carbonyl (C=O) groups excluding carboxylic acids is 2. The highest BCUT2D eigenvalue weighted by Gasteiger charge is 2.15. The Labute approximate surface area is 208 Å². The number of hydrogen-bond acceptors (Lipinski definition) is 8. The summed E-state index contributed by atoms with van der Waals surface area (Å²) in [4.78, 5) is 38.8. The van der Waals surface area contributed by atoms with E-state index in [1.165, 1.54) is 0 Å². The fourth-order valence-electron chi connectivity index (χ4n) is 3.55. The van der Waals surface area contributed by atoms with Crippen LogP contribution in [0.15, 0.2) is 71.5 Å². The van der Waals surface area contributed by atoms with E-state index in [0.717, 1.165) is 22.5 Å². The molecule has 1 aromatic carbocycles. The molecule has 0 bridgehead atoms. The maximum absolute atomic E-state index is 12.8. The van der Waals surface area contributed by atoms with Crippen molar-refractivity contribution in [3.8, 4) is 11.3 Å². The van der Waals surface area contributed by atoms with Gasteiger partial charge in [-0.3, -0.25) is 19.5 Å². The molecule has 184 valence electrons. The van der Waals surface area contributed by atoms with Crippen LogP contribution in [0.1, 0.15) is 28.8 Å². The van der Waals surface area contributed by atoms with Crippen LogP contribution in [-0.4, -0.2) is 44.8 Å². The number of nitrogens with zero attached hydrogens (tertiary/aromatic N) is 4. The third kappa shape index (κ3) is 6.30. The minimum Gasteiger partial charge on any atom is -0.455 e. The molecule has 4 aromatic rings. The molecule has 0 saturated heterocycles. The molecule has 0 aliphatic heterocycles. The molecule has 0 aliphatic rings. The largest absolute Gasteiger partial charge is 0.455 e. The first kappa shape index (κ1) is 24.6. The minimum atomic E-state index is -0.417. The van der Waals surface area contributed by atoms with Crippen LogP contribution in [0.3, 0.4) is 0 Å². The van der Waals surface area contributed by atoms with Crippen LogP contribution < -0.4 is 16.4 Å². The SMILES string of the molecule is CCN(CC(N)=O)Cc1ccc(C(=O)Nc2ccc(C)c(Nc3nccc(-c4cccnc4)n3)c2)o1. The second-order valence-electron chi connectivity index (χ2n) is 8.15. The highest BCUT2D eigenvalue weighted by molar-refractivity contribution is 6.02. The summed E-state index contributed by atoms with van der Waals surface area (Å²) in [5.74, 6) is 0.362. The van der Waals surface area contributed by atoms with Gasteiger partial charge in [-0.25, -0.2) is 9.97 Å². The van der Waals surface area contributed by atoms with Gasteiger partial charge >= 0.3 is 0 Å². The van der Waals surface area contributed by atoms with Gasteiger partial charge in [-0.2, -0.15) is 0 Å². The number of hydrogen-bond donors (Lipinski definition) is 3. The summed E-state index contributed by atoms with van der Waals surface area (Å²) < 4.78 is 5.69. The third-order valence-corrected chi connectivity index (χ3v) is 5.45. The molecule has 3 heterocycles. The number of pyridine rings is 1. The lowest BCUT2D eigenvalue weighted by atomic mass is 10.1. The lowest BCUT2D eigenvalue weighted by Crippen LogP contribution is -2.33. The quantitative estimate of drug-likeness (QED) is 0.309. The number of anilines is 3. The highest BCUT2D eigenvalue weighted by atomic mass is 16.4. The van der Waals surface area contributed by atoms with E-state index in [4.69, 9.17) is 10.2 Å². The van der Waals surface area contributed by atoms with Crippen LogP contribution in [0, 0.1) is 6.92 Å². The van der Waals surface area contributed by atoms with Crippen molar-refractivity contribution in [2.75, 3.05) is 23.7 Å². The van der Waals surface area contributed by atoms with Crippen LogP contribution in [0.5, 0.6) is 0 Å². The van der Waals surface area contributed by atoms with Crippen molar-refractivity contribution >= 4 is 29.1 Å². The number of benzene rings is 1. The van der Waals surface area contributed by atoms with Crippen molar-refractivity contribution in [3.63, 3.8) is 0 Å². The molecular formula is C26H27N7O3. The van der Waals surface area contributed by atoms with Gasteiger partial charge in [0.2, 0.25) is 11.9 Å². The van der Waals surface area contributed by atoms with Crippen molar-refractivity contribution in [2.24, 2.45) is 5.73 Å². The van der Waals surface area contributed by atoms with Crippen LogP contribution in [0.4, 0.5) is 17.3 Å². The van der Waals surface area contributed by atoms with Crippen molar-refractivity contribution in [2.45, 2.75) is 20.4 Å². The van der Waals surface area contributed by atoms with E-state index < -0.39 is 5.91 Å². The lowest BCUT2D eigenvalue weighted by Gasteiger charge is -2.16. The highest BCUT2D eigenvalue weighted by Crippen LogP contribution is 2.25. The molecule has 0 fully saturated rings. The van der Waals surface area contributed by atoms with Gasteiger partial charge in [-0.05, 0) is 61.5 Å². The van der Waals surface area contributed by atoms with Gasteiger partial charge in [0.1, 0.15) is 5.76 Å². The molecule has 4 N–H and O–H groups in total. The first-order chi connectivity index (χ1) is 17.4. The Kier molecular flexibility index (Phi) is 7.66. The van der Waals surface area contributed by atoms with Gasteiger partial charge in [0.05, 0.1) is 18.8 Å². The van der Waals surface area contributed by atoms with Gasteiger partial charge in [-0.1, -0.05) is 13.0 Å². The predicted octanol–water partition coefficient (Wildman–Crippen LogP) is 3.74. The molecule has 0 saturated carbocycles. The van der Waals surface area contributed by atoms with Crippen molar-refractivity contribution < 1.29 is 14.0 Å². The van der Waals surface area contributed by atoms with Crippen LogP contribution in [0.25, 0.3) is 11.3 Å². The molecule has 10 nitrogen and oxygen atoms in total. The molecule has 36 heavy (non-hydrogen) atoms. The summed E-state index contributed by atoms with van der Waals surface area (Å²) in [6.07, 6.45) is 5.13. The Morgan fingerprint density at radius 3 is 2.72 bits per heavy atom. The number of carbonyl (C=O) groups is 2. The van der Waals surface area contributed by atoms with Crippen molar-refractivity contribution in [1.82, 2.24) is 19.9 Å². The van der Waals surface area contributed by atoms with E-state index in [0.29, 0.717) is 30.5 Å². The molecule has 2 amide bonds. The number of aromatic nitrogens is 3. The third-order valence-electron chi connectivity index (χ3n) is 5.45. The van der Waals surface area contributed by atoms with Crippen molar-refractivity contribution in [1.29, 1.82) is 0 Å². The van der Waals surface area contributed by atoms with Crippen LogP contribution in [0.2, 0.25) is 0 Å². The number of nitrogens with two attached hydrogens (primary N) is 1. The second kappa shape index (κ2) is 11.2. The molecule has 0 aliphatic carbocycles. The molecule has 0 spiro atoms. The van der Waals surface area contributed by atoms with Gasteiger partial charge < -0.3 is 20.8 Å². The van der Waals surface area contributed by atoms with E-state index in [9.17, 15) is 9.59 Å². The Morgan fingerprint density at radius 2 is 1.97 bits per heavy atom. The van der Waals surface area contributed by atoms with Crippen LogP contribution in [-0.2, 0) is 11.3 Å². The molecule has 4 rings (SSSR count). The Hall–Kier alpha value is -4.57. The van der Waals surface area contributed by atoms with E-state index in [2.05, 4.69) is 25.6 Å². The molecular weight excluding hydrogens is 458 g/mol. The average Bonchev–Trinajstić information content (AvgIpc) is 3.35. The number of amides is 2. The zero-order valence-corrected chi connectivity index (χ0v) is 20.1. The Morgan fingerprint density at radius 1 is 1.11 bits per heavy atom. The monoisotopic (exact) mass is 485 g/mol. The summed E-state index contributed by atoms with van der Waals surface area (Å²) >= 11 is 0. The first-order valence-corrected chi connectivity index (χ1v) is 11.4. The number of furan rings is 1. The topological polar surface area (TPSA) is 139 Å².